The highest BCUT2D eigenvalue weighted by atomic mass is 32.1. The minimum atomic E-state index is -0.150. The summed E-state index contributed by atoms with van der Waals surface area (Å²) in [5, 5.41) is 5.72. The van der Waals surface area contributed by atoms with Gasteiger partial charge in [0.1, 0.15) is 5.82 Å². The van der Waals surface area contributed by atoms with Crippen LogP contribution in [0.1, 0.15) is 41.0 Å². The highest BCUT2D eigenvalue weighted by Crippen LogP contribution is 2.28. The number of hydrogen-bond acceptors (Lipinski definition) is 2. The summed E-state index contributed by atoms with van der Waals surface area (Å²) in [7, 11) is 0. The van der Waals surface area contributed by atoms with Crippen LogP contribution in [0.3, 0.4) is 0 Å². The lowest BCUT2D eigenvalue weighted by Gasteiger charge is -2.19. The van der Waals surface area contributed by atoms with Gasteiger partial charge in [0, 0.05) is 10.9 Å². The second-order valence-corrected chi connectivity index (χ2v) is 6.20. The molecule has 0 aliphatic heterocycles. The van der Waals surface area contributed by atoms with Crippen LogP contribution in [0.2, 0.25) is 0 Å². The van der Waals surface area contributed by atoms with E-state index in [0.29, 0.717) is 0 Å². The Morgan fingerprint density at radius 3 is 2.65 bits per heavy atom. The first kappa shape index (κ1) is 15.2. The van der Waals surface area contributed by atoms with E-state index in [1.54, 1.807) is 17.4 Å². The number of halogens is 1. The first-order valence-electron chi connectivity index (χ1n) is 7.14. The van der Waals surface area contributed by atoms with Crippen molar-refractivity contribution in [1.82, 2.24) is 5.32 Å². The average molecular weight is 291 g/mol. The van der Waals surface area contributed by atoms with Gasteiger partial charge in [-0.15, -0.1) is 11.3 Å². The second-order valence-electron chi connectivity index (χ2n) is 5.25. The molecule has 0 amide bonds. The van der Waals surface area contributed by atoms with Crippen molar-refractivity contribution in [2.24, 2.45) is 0 Å². The summed E-state index contributed by atoms with van der Waals surface area (Å²) in [6.45, 7) is 7.34. The van der Waals surface area contributed by atoms with Gasteiger partial charge in [0.05, 0.1) is 0 Å². The number of nitrogens with one attached hydrogen (secondary N) is 1. The molecule has 1 aromatic carbocycles. The molecule has 1 aromatic heterocycles. The molecular weight excluding hydrogens is 269 g/mol. The summed E-state index contributed by atoms with van der Waals surface area (Å²) in [5.41, 5.74) is 3.56. The van der Waals surface area contributed by atoms with Gasteiger partial charge in [0.15, 0.2) is 0 Å². The van der Waals surface area contributed by atoms with Crippen molar-refractivity contribution >= 4 is 11.3 Å². The number of benzene rings is 1. The molecule has 108 valence electrons. The first-order valence-corrected chi connectivity index (χ1v) is 8.02. The van der Waals surface area contributed by atoms with E-state index < -0.39 is 0 Å². The Hall–Kier alpha value is -1.19. The Balaban J connectivity index is 2.23. The molecule has 0 fully saturated rings. The van der Waals surface area contributed by atoms with Crippen LogP contribution in [0.4, 0.5) is 4.39 Å². The van der Waals surface area contributed by atoms with E-state index in [0.717, 1.165) is 30.5 Å². The van der Waals surface area contributed by atoms with Crippen molar-refractivity contribution in [3.63, 3.8) is 0 Å². The maximum atomic E-state index is 13.5. The average Bonchev–Trinajstić information content (AvgIpc) is 2.84. The fraction of sp³-hybridized carbons (Fsp3) is 0.412. The van der Waals surface area contributed by atoms with Crippen LogP contribution in [0.15, 0.2) is 29.6 Å². The molecule has 0 spiro atoms. The highest BCUT2D eigenvalue weighted by Gasteiger charge is 2.16. The number of hydrogen-bond donors (Lipinski definition) is 1. The smallest absolute Gasteiger partial charge is 0.123 e. The zero-order valence-corrected chi connectivity index (χ0v) is 13.2. The van der Waals surface area contributed by atoms with E-state index in [4.69, 9.17) is 0 Å². The molecule has 0 aliphatic rings. The van der Waals surface area contributed by atoms with Gasteiger partial charge in [-0.1, -0.05) is 13.0 Å². The lowest BCUT2D eigenvalue weighted by atomic mass is 9.98. The molecule has 2 rings (SSSR count). The third-order valence-corrected chi connectivity index (χ3v) is 4.73. The van der Waals surface area contributed by atoms with E-state index in [2.05, 4.69) is 30.6 Å². The third kappa shape index (κ3) is 3.68. The Morgan fingerprint density at radius 1 is 1.20 bits per heavy atom. The number of aryl methyl sites for hydroxylation is 2. The SMILES string of the molecule is CCCNC(Cc1cc(F)ccc1C)c1sccc1C. The molecule has 20 heavy (non-hydrogen) atoms. The van der Waals surface area contributed by atoms with Gasteiger partial charge in [0.25, 0.3) is 0 Å². The predicted molar refractivity (Wildman–Crippen MR) is 84.9 cm³/mol. The molecule has 0 aliphatic carbocycles. The summed E-state index contributed by atoms with van der Waals surface area (Å²) in [4.78, 5) is 1.36. The van der Waals surface area contributed by atoms with E-state index in [-0.39, 0.29) is 11.9 Å². The third-order valence-electron chi connectivity index (χ3n) is 3.59. The van der Waals surface area contributed by atoms with Gasteiger partial charge < -0.3 is 5.32 Å². The molecule has 1 N–H and O–H groups in total. The zero-order valence-electron chi connectivity index (χ0n) is 12.4. The minimum absolute atomic E-state index is 0.150. The van der Waals surface area contributed by atoms with E-state index in [1.807, 2.05) is 13.0 Å². The van der Waals surface area contributed by atoms with Crippen molar-refractivity contribution in [1.29, 1.82) is 0 Å². The van der Waals surface area contributed by atoms with Gasteiger partial charge in [-0.25, -0.2) is 4.39 Å². The Bertz CT molecular complexity index is 562. The minimum Gasteiger partial charge on any atom is -0.309 e. The molecule has 0 saturated carbocycles. The van der Waals surface area contributed by atoms with Gasteiger partial charge in [-0.05, 0) is 73.5 Å². The van der Waals surface area contributed by atoms with Crippen LogP contribution in [0, 0.1) is 19.7 Å². The van der Waals surface area contributed by atoms with Crippen LogP contribution >= 0.6 is 11.3 Å². The van der Waals surface area contributed by atoms with Crippen molar-refractivity contribution in [3.05, 3.63) is 57.0 Å². The van der Waals surface area contributed by atoms with Crippen molar-refractivity contribution < 1.29 is 4.39 Å². The molecule has 0 radical (unpaired) electrons. The predicted octanol–water partition coefficient (Wildman–Crippen LogP) is 4.79. The second kappa shape index (κ2) is 7.00. The lowest BCUT2D eigenvalue weighted by molar-refractivity contribution is 0.531. The molecule has 3 heteroatoms. The topological polar surface area (TPSA) is 12.0 Å². The summed E-state index contributed by atoms with van der Waals surface area (Å²) in [6.07, 6.45) is 1.94. The standard InChI is InChI=1S/C17H22FNS/c1-4-8-19-16(17-13(3)7-9-20-17)11-14-10-15(18)6-5-12(14)2/h5-7,9-10,16,19H,4,8,11H2,1-3H3. The monoisotopic (exact) mass is 291 g/mol. The van der Waals surface area contributed by atoms with Gasteiger partial charge in [-0.2, -0.15) is 0 Å². The fourth-order valence-corrected chi connectivity index (χ4v) is 3.40. The van der Waals surface area contributed by atoms with Crippen LogP contribution in [0.25, 0.3) is 0 Å². The van der Waals surface area contributed by atoms with Crippen molar-refractivity contribution in [2.75, 3.05) is 6.54 Å². The summed E-state index contributed by atoms with van der Waals surface area (Å²) in [5.74, 6) is -0.150. The summed E-state index contributed by atoms with van der Waals surface area (Å²) >= 11 is 1.78. The van der Waals surface area contributed by atoms with Gasteiger partial charge >= 0.3 is 0 Å². The van der Waals surface area contributed by atoms with Crippen molar-refractivity contribution in [3.8, 4) is 0 Å². The summed E-state index contributed by atoms with van der Waals surface area (Å²) < 4.78 is 13.5. The largest absolute Gasteiger partial charge is 0.309 e. The number of rotatable bonds is 6. The lowest BCUT2D eigenvalue weighted by Crippen LogP contribution is -2.24. The maximum absolute atomic E-state index is 13.5. The molecular formula is C17H22FNS. The zero-order chi connectivity index (χ0) is 14.5. The van der Waals surface area contributed by atoms with Crippen LogP contribution in [-0.4, -0.2) is 6.54 Å². The van der Waals surface area contributed by atoms with Crippen LogP contribution in [-0.2, 0) is 6.42 Å². The fourth-order valence-electron chi connectivity index (χ4n) is 2.40. The first-order chi connectivity index (χ1) is 9.61. The number of thiophene rings is 1. The molecule has 1 unspecified atom stereocenters. The quantitative estimate of drug-likeness (QED) is 0.807. The molecule has 1 atom stereocenters. The van der Waals surface area contributed by atoms with E-state index in [9.17, 15) is 4.39 Å². The molecule has 1 heterocycles. The Morgan fingerprint density at radius 2 is 2.00 bits per heavy atom. The highest BCUT2D eigenvalue weighted by molar-refractivity contribution is 7.10. The van der Waals surface area contributed by atoms with Crippen molar-refractivity contribution in [2.45, 2.75) is 39.7 Å². The Labute approximate surface area is 124 Å². The molecule has 0 saturated heterocycles. The van der Waals surface area contributed by atoms with Gasteiger partial charge in [-0.3, -0.25) is 0 Å². The molecule has 1 nitrogen and oxygen atoms in total. The van der Waals surface area contributed by atoms with E-state index >= 15 is 0 Å². The molecule has 0 bridgehead atoms. The van der Waals surface area contributed by atoms with Gasteiger partial charge in [0.2, 0.25) is 0 Å². The normalized spacial score (nSPS) is 12.6. The Kier molecular flexibility index (Phi) is 5.32. The maximum Gasteiger partial charge on any atom is 0.123 e. The van der Waals surface area contributed by atoms with Crippen LogP contribution in [0.5, 0.6) is 0 Å². The summed E-state index contributed by atoms with van der Waals surface area (Å²) in [6, 6.07) is 7.49. The molecule has 2 aromatic rings. The van der Waals surface area contributed by atoms with Crippen LogP contribution < -0.4 is 5.32 Å². The van der Waals surface area contributed by atoms with E-state index in [1.165, 1.54) is 16.5 Å².